The van der Waals surface area contributed by atoms with Gasteiger partial charge in [0.15, 0.2) is 5.11 Å². The maximum Gasteiger partial charge on any atom is 0.339 e. The Morgan fingerprint density at radius 1 is 1.45 bits per heavy atom. The Bertz CT molecular complexity index is 483. The minimum Gasteiger partial charge on any atom is -0.462 e. The fourth-order valence-corrected chi connectivity index (χ4v) is 1.82. The molecular formula is C13H17ClN2O3S. The number of nitrogens with one attached hydrogen (secondary N) is 2. The van der Waals surface area contributed by atoms with Gasteiger partial charge in [-0.2, -0.15) is 0 Å². The van der Waals surface area contributed by atoms with Crippen molar-refractivity contribution in [2.75, 3.05) is 32.2 Å². The lowest BCUT2D eigenvalue weighted by atomic mass is 10.2. The summed E-state index contributed by atoms with van der Waals surface area (Å²) in [5.74, 6) is -0.459. The fourth-order valence-electron chi connectivity index (χ4n) is 1.41. The molecule has 5 nitrogen and oxygen atoms in total. The van der Waals surface area contributed by atoms with Gasteiger partial charge in [0, 0.05) is 19.3 Å². The molecule has 0 saturated carbocycles. The molecule has 0 amide bonds. The van der Waals surface area contributed by atoms with E-state index < -0.39 is 5.97 Å². The molecule has 1 aromatic rings. The number of carbonyl (C=O) groups is 1. The maximum atomic E-state index is 11.7. The second-order valence-corrected chi connectivity index (χ2v) is 4.60. The van der Waals surface area contributed by atoms with Crippen molar-refractivity contribution in [2.24, 2.45) is 0 Å². The second kappa shape index (κ2) is 8.73. The topological polar surface area (TPSA) is 59.6 Å². The van der Waals surface area contributed by atoms with Crippen molar-refractivity contribution in [2.45, 2.75) is 6.92 Å². The number of methoxy groups -OCH3 is 1. The Labute approximate surface area is 128 Å². The zero-order valence-corrected chi connectivity index (χ0v) is 12.9. The van der Waals surface area contributed by atoms with Gasteiger partial charge in [-0.3, -0.25) is 0 Å². The first kappa shape index (κ1) is 16.7. The molecule has 110 valence electrons. The van der Waals surface area contributed by atoms with Crippen LogP contribution < -0.4 is 10.6 Å². The summed E-state index contributed by atoms with van der Waals surface area (Å²) in [5, 5.41) is 6.71. The predicted octanol–water partition coefficient (Wildman–Crippen LogP) is 2.45. The van der Waals surface area contributed by atoms with Crippen LogP contribution in [0, 0.1) is 0 Å². The smallest absolute Gasteiger partial charge is 0.339 e. The van der Waals surface area contributed by atoms with Gasteiger partial charge < -0.3 is 20.1 Å². The minimum absolute atomic E-state index is 0.295. The molecule has 0 fully saturated rings. The molecule has 0 aliphatic rings. The van der Waals surface area contributed by atoms with Gasteiger partial charge >= 0.3 is 5.97 Å². The highest BCUT2D eigenvalue weighted by Gasteiger charge is 2.12. The molecule has 7 heteroatoms. The summed E-state index contributed by atoms with van der Waals surface area (Å²) < 4.78 is 9.84. The fraction of sp³-hybridized carbons (Fsp3) is 0.385. The quantitative estimate of drug-likeness (QED) is 0.477. The number of anilines is 1. The number of rotatable bonds is 6. The van der Waals surface area contributed by atoms with E-state index in [0.29, 0.717) is 41.1 Å². The third-order valence-electron chi connectivity index (χ3n) is 2.31. The van der Waals surface area contributed by atoms with Gasteiger partial charge in [0.2, 0.25) is 0 Å². The average molecular weight is 317 g/mol. The molecule has 0 aliphatic heterocycles. The van der Waals surface area contributed by atoms with E-state index in [2.05, 4.69) is 10.6 Å². The highest BCUT2D eigenvalue weighted by molar-refractivity contribution is 7.80. The van der Waals surface area contributed by atoms with E-state index in [1.165, 1.54) is 0 Å². The zero-order chi connectivity index (χ0) is 15.0. The predicted molar refractivity (Wildman–Crippen MR) is 83.5 cm³/mol. The summed E-state index contributed by atoms with van der Waals surface area (Å²) in [4.78, 5) is 11.7. The standard InChI is InChI=1S/C13H17ClN2O3S/c1-3-19-12(17)10-8-9(4-5-11(10)14)16-13(20)15-6-7-18-2/h4-5,8H,3,6-7H2,1-2H3,(H2,15,16,20). The first-order valence-corrected chi connectivity index (χ1v) is 6.87. The van der Waals surface area contributed by atoms with E-state index in [1.807, 2.05) is 0 Å². The van der Waals surface area contributed by atoms with Crippen molar-refractivity contribution < 1.29 is 14.3 Å². The van der Waals surface area contributed by atoms with Gasteiger partial charge in [0.05, 0.1) is 23.8 Å². The molecule has 2 N–H and O–H groups in total. The molecule has 0 bridgehead atoms. The SMILES string of the molecule is CCOC(=O)c1cc(NC(=S)NCCOC)ccc1Cl. The molecule has 0 aromatic heterocycles. The Hall–Kier alpha value is -1.37. The number of esters is 1. The monoisotopic (exact) mass is 316 g/mol. The molecule has 0 unspecified atom stereocenters. The van der Waals surface area contributed by atoms with Crippen LogP contribution in [0.2, 0.25) is 5.02 Å². The zero-order valence-electron chi connectivity index (χ0n) is 11.4. The van der Waals surface area contributed by atoms with Gasteiger partial charge in [-0.15, -0.1) is 0 Å². The van der Waals surface area contributed by atoms with Gasteiger partial charge in [-0.25, -0.2) is 4.79 Å². The van der Waals surface area contributed by atoms with E-state index >= 15 is 0 Å². The number of hydrogen-bond donors (Lipinski definition) is 2. The van der Waals surface area contributed by atoms with Gasteiger partial charge in [0.25, 0.3) is 0 Å². The summed E-state index contributed by atoms with van der Waals surface area (Å²) in [6, 6.07) is 4.95. The molecule has 0 atom stereocenters. The van der Waals surface area contributed by atoms with Crippen molar-refractivity contribution in [1.29, 1.82) is 0 Å². The van der Waals surface area contributed by atoms with E-state index in [0.717, 1.165) is 0 Å². The van der Waals surface area contributed by atoms with Crippen molar-refractivity contribution in [1.82, 2.24) is 5.32 Å². The lowest BCUT2D eigenvalue weighted by molar-refractivity contribution is 0.0526. The molecule has 20 heavy (non-hydrogen) atoms. The second-order valence-electron chi connectivity index (χ2n) is 3.79. The number of ether oxygens (including phenoxy) is 2. The van der Waals surface area contributed by atoms with E-state index in [9.17, 15) is 4.79 Å². The van der Waals surface area contributed by atoms with Gasteiger partial charge in [0.1, 0.15) is 0 Å². The Balaban J connectivity index is 2.69. The van der Waals surface area contributed by atoms with Crippen LogP contribution in [0.1, 0.15) is 17.3 Å². The molecule has 0 saturated heterocycles. The number of thiocarbonyl (C=S) groups is 1. The molecule has 0 heterocycles. The summed E-state index contributed by atoms with van der Waals surface area (Å²) in [6.45, 7) is 3.18. The molecule has 0 aliphatic carbocycles. The van der Waals surface area contributed by atoms with Crippen molar-refractivity contribution in [3.63, 3.8) is 0 Å². The summed E-state index contributed by atoms with van der Waals surface area (Å²) in [7, 11) is 1.61. The molecule has 0 radical (unpaired) electrons. The lowest BCUT2D eigenvalue weighted by Gasteiger charge is -2.11. The summed E-state index contributed by atoms with van der Waals surface area (Å²) in [5.41, 5.74) is 0.963. The molecule has 0 spiro atoms. The Morgan fingerprint density at radius 3 is 2.85 bits per heavy atom. The lowest BCUT2D eigenvalue weighted by Crippen LogP contribution is -2.31. The van der Waals surface area contributed by atoms with Crippen LogP contribution in [0.4, 0.5) is 5.69 Å². The number of carbonyl (C=O) groups excluding carboxylic acids is 1. The highest BCUT2D eigenvalue weighted by Crippen LogP contribution is 2.21. The van der Waals surface area contributed by atoms with Crippen LogP contribution in [0.15, 0.2) is 18.2 Å². The van der Waals surface area contributed by atoms with Crippen LogP contribution in [0.25, 0.3) is 0 Å². The first-order chi connectivity index (χ1) is 9.58. The van der Waals surface area contributed by atoms with Crippen LogP contribution in [0.3, 0.4) is 0 Å². The highest BCUT2D eigenvalue weighted by atomic mass is 35.5. The maximum absolute atomic E-state index is 11.7. The number of hydrogen-bond acceptors (Lipinski definition) is 4. The summed E-state index contributed by atoms with van der Waals surface area (Å²) in [6.07, 6.45) is 0. The van der Waals surface area contributed by atoms with Crippen LogP contribution in [-0.2, 0) is 9.47 Å². The van der Waals surface area contributed by atoms with E-state index in [4.69, 9.17) is 33.3 Å². The van der Waals surface area contributed by atoms with Crippen molar-refractivity contribution in [3.05, 3.63) is 28.8 Å². The third kappa shape index (κ3) is 5.32. The van der Waals surface area contributed by atoms with Crippen molar-refractivity contribution >= 4 is 40.6 Å². The molecule has 1 rings (SSSR count). The van der Waals surface area contributed by atoms with Crippen LogP contribution in [0.5, 0.6) is 0 Å². The largest absolute Gasteiger partial charge is 0.462 e. The molecule has 1 aromatic carbocycles. The van der Waals surface area contributed by atoms with Gasteiger partial charge in [-0.05, 0) is 37.3 Å². The van der Waals surface area contributed by atoms with Crippen molar-refractivity contribution in [3.8, 4) is 0 Å². The summed E-state index contributed by atoms with van der Waals surface area (Å²) >= 11 is 11.1. The third-order valence-corrected chi connectivity index (χ3v) is 2.89. The normalized spacial score (nSPS) is 9.95. The minimum atomic E-state index is -0.459. The first-order valence-electron chi connectivity index (χ1n) is 6.09. The van der Waals surface area contributed by atoms with Crippen LogP contribution >= 0.6 is 23.8 Å². The van der Waals surface area contributed by atoms with Crippen LogP contribution in [-0.4, -0.2) is 38.0 Å². The Morgan fingerprint density at radius 2 is 2.20 bits per heavy atom. The Kier molecular flexibility index (Phi) is 7.28. The average Bonchev–Trinajstić information content (AvgIpc) is 2.41. The number of halogens is 1. The number of benzene rings is 1. The van der Waals surface area contributed by atoms with E-state index in [-0.39, 0.29) is 0 Å². The van der Waals surface area contributed by atoms with Gasteiger partial charge in [-0.1, -0.05) is 11.6 Å². The molecular weight excluding hydrogens is 300 g/mol. The van der Waals surface area contributed by atoms with E-state index in [1.54, 1.807) is 32.2 Å².